The highest BCUT2D eigenvalue weighted by Gasteiger charge is 2.17. The molecular formula is C19H38N6O6. The molecule has 180 valence electrons. The maximum absolute atomic E-state index is 5.89. The number of aromatic nitrogens is 3. The molecule has 0 atom stereocenters. The smallest absolute Gasteiger partial charge is 0.284 e. The van der Waals surface area contributed by atoms with Crippen molar-refractivity contribution in [3.63, 3.8) is 0 Å². The van der Waals surface area contributed by atoms with Crippen molar-refractivity contribution < 1.29 is 28.7 Å². The average molecular weight is 447 g/mol. The molecule has 1 heterocycles. The quantitative estimate of drug-likeness (QED) is 0.232. The first-order valence-corrected chi connectivity index (χ1v) is 10.5. The van der Waals surface area contributed by atoms with E-state index in [9.17, 15) is 0 Å². The molecule has 1 aromatic rings. The number of nitrogen functional groups attached to an aromatic ring is 1. The summed E-state index contributed by atoms with van der Waals surface area (Å²) >= 11 is 0. The molecule has 0 saturated heterocycles. The second kappa shape index (κ2) is 17.8. The summed E-state index contributed by atoms with van der Waals surface area (Å²) in [5.41, 5.74) is 5.89. The number of unbranched alkanes of at least 4 members (excludes halogenated alkanes) is 3. The van der Waals surface area contributed by atoms with Gasteiger partial charge in [-0.05, 0) is 38.5 Å². The Bertz CT molecular complexity index is 557. The summed E-state index contributed by atoms with van der Waals surface area (Å²) < 4.78 is 15.2. The van der Waals surface area contributed by atoms with Gasteiger partial charge in [0, 0.05) is 48.2 Å². The number of hydrogen-bond acceptors (Lipinski definition) is 12. The Balaban J connectivity index is 2.72. The van der Waals surface area contributed by atoms with Crippen LogP contribution in [0.4, 0.5) is 17.8 Å². The van der Waals surface area contributed by atoms with E-state index in [4.69, 9.17) is 34.5 Å². The van der Waals surface area contributed by atoms with E-state index in [0.29, 0.717) is 39.6 Å². The molecule has 0 unspecified atom stereocenters. The van der Waals surface area contributed by atoms with Gasteiger partial charge in [-0.25, -0.2) is 14.7 Å². The minimum Gasteiger partial charge on any atom is -0.385 e. The largest absolute Gasteiger partial charge is 0.385 e. The lowest BCUT2D eigenvalue weighted by Crippen LogP contribution is -2.29. The molecule has 1 aromatic heterocycles. The molecule has 0 amide bonds. The Morgan fingerprint density at radius 1 is 0.613 bits per heavy atom. The summed E-state index contributed by atoms with van der Waals surface area (Å²) in [6, 6.07) is 0. The van der Waals surface area contributed by atoms with Gasteiger partial charge in [0.1, 0.15) is 0 Å². The van der Waals surface area contributed by atoms with Crippen molar-refractivity contribution in [3.8, 4) is 0 Å². The number of hydroxylamine groups is 1. The molecule has 0 spiro atoms. The predicted molar refractivity (Wildman–Crippen MR) is 116 cm³/mol. The zero-order chi connectivity index (χ0) is 22.7. The molecule has 31 heavy (non-hydrogen) atoms. The SMILES string of the molecule is COCCCCON(C)c1nc(N)nc(N(OCCCCOC)OCCCCOC)n1. The van der Waals surface area contributed by atoms with Gasteiger partial charge in [-0.1, -0.05) is 5.23 Å². The van der Waals surface area contributed by atoms with Gasteiger partial charge in [-0.15, -0.1) is 0 Å². The lowest BCUT2D eigenvalue weighted by atomic mass is 10.3. The van der Waals surface area contributed by atoms with Gasteiger partial charge in [-0.2, -0.15) is 15.0 Å². The minimum atomic E-state index is 0.0331. The van der Waals surface area contributed by atoms with Gasteiger partial charge in [0.05, 0.1) is 19.8 Å². The van der Waals surface area contributed by atoms with Crippen molar-refractivity contribution in [2.75, 3.05) is 84.0 Å². The molecule has 0 saturated carbocycles. The first kappa shape index (κ1) is 27.2. The Kier molecular flexibility index (Phi) is 15.6. The Morgan fingerprint density at radius 3 is 1.52 bits per heavy atom. The number of anilines is 3. The van der Waals surface area contributed by atoms with Crippen LogP contribution in [0.5, 0.6) is 0 Å². The Labute approximate surface area is 184 Å². The Morgan fingerprint density at radius 2 is 1.03 bits per heavy atom. The summed E-state index contributed by atoms with van der Waals surface area (Å²) in [4.78, 5) is 29.8. The lowest BCUT2D eigenvalue weighted by molar-refractivity contribution is -0.0955. The predicted octanol–water partition coefficient (Wildman–Crippen LogP) is 1.77. The van der Waals surface area contributed by atoms with E-state index >= 15 is 0 Å². The molecule has 0 aromatic carbocycles. The van der Waals surface area contributed by atoms with Crippen LogP contribution in [0.1, 0.15) is 38.5 Å². The van der Waals surface area contributed by atoms with E-state index < -0.39 is 0 Å². The molecule has 12 nitrogen and oxygen atoms in total. The number of hydrogen-bond donors (Lipinski definition) is 1. The van der Waals surface area contributed by atoms with Crippen LogP contribution in [-0.2, 0) is 28.7 Å². The van der Waals surface area contributed by atoms with Crippen LogP contribution >= 0.6 is 0 Å². The number of nitrogens with zero attached hydrogens (tertiary/aromatic N) is 5. The van der Waals surface area contributed by atoms with E-state index in [0.717, 1.165) is 38.5 Å². The highest BCUT2D eigenvalue weighted by atomic mass is 16.9. The van der Waals surface area contributed by atoms with Crippen LogP contribution in [0.25, 0.3) is 0 Å². The number of rotatable bonds is 20. The number of nitrogens with two attached hydrogens (primary N) is 1. The molecule has 0 fully saturated rings. The molecule has 2 N–H and O–H groups in total. The van der Waals surface area contributed by atoms with Gasteiger partial charge in [0.2, 0.25) is 5.95 Å². The summed E-state index contributed by atoms with van der Waals surface area (Å²) in [6.45, 7) is 3.33. The van der Waals surface area contributed by atoms with Crippen molar-refractivity contribution in [1.82, 2.24) is 15.0 Å². The standard InChI is InChI=1S/C19H38N6O6/c1-24(29-14-8-5-11-26-2)18-21-17(20)22-19(23-18)25(30-15-9-6-12-27-3)31-16-10-7-13-28-4/h5-16H2,1-4H3,(H2,20,21,22,23). The van der Waals surface area contributed by atoms with Gasteiger partial charge in [-0.3, -0.25) is 4.84 Å². The van der Waals surface area contributed by atoms with Crippen LogP contribution in [0.15, 0.2) is 0 Å². The number of methoxy groups -OCH3 is 3. The summed E-state index contributed by atoms with van der Waals surface area (Å²) in [5.74, 6) is 0.437. The molecule has 0 bridgehead atoms. The molecule has 0 aliphatic rings. The van der Waals surface area contributed by atoms with Gasteiger partial charge in [0.25, 0.3) is 11.9 Å². The summed E-state index contributed by atoms with van der Waals surface area (Å²) in [5, 5.41) is 2.64. The molecule has 0 radical (unpaired) electrons. The van der Waals surface area contributed by atoms with Gasteiger partial charge in [0.15, 0.2) is 0 Å². The van der Waals surface area contributed by atoms with Crippen molar-refractivity contribution in [2.45, 2.75) is 38.5 Å². The molecule has 12 heteroatoms. The van der Waals surface area contributed by atoms with E-state index in [1.807, 2.05) is 0 Å². The summed E-state index contributed by atoms with van der Waals surface area (Å²) in [6.07, 6.45) is 5.04. The van der Waals surface area contributed by atoms with Crippen LogP contribution in [-0.4, -0.2) is 83.0 Å². The monoisotopic (exact) mass is 446 g/mol. The molecule has 1 rings (SSSR count). The van der Waals surface area contributed by atoms with Crippen molar-refractivity contribution >= 4 is 17.8 Å². The normalized spacial score (nSPS) is 11.1. The third-order valence-electron chi connectivity index (χ3n) is 4.00. The third-order valence-corrected chi connectivity index (χ3v) is 4.00. The highest BCUT2D eigenvalue weighted by molar-refractivity contribution is 5.39. The second-order valence-electron chi connectivity index (χ2n) is 6.65. The molecule has 0 aliphatic carbocycles. The van der Waals surface area contributed by atoms with E-state index in [-0.39, 0.29) is 17.8 Å². The minimum absolute atomic E-state index is 0.0331. The van der Waals surface area contributed by atoms with E-state index in [1.165, 1.54) is 10.3 Å². The maximum Gasteiger partial charge on any atom is 0.284 e. The maximum atomic E-state index is 5.89. The van der Waals surface area contributed by atoms with Crippen molar-refractivity contribution in [2.24, 2.45) is 0 Å². The zero-order valence-electron chi connectivity index (χ0n) is 19.2. The third kappa shape index (κ3) is 12.6. The lowest BCUT2D eigenvalue weighted by Gasteiger charge is -2.22. The molecular weight excluding hydrogens is 408 g/mol. The molecule has 0 aliphatic heterocycles. The highest BCUT2D eigenvalue weighted by Crippen LogP contribution is 2.16. The van der Waals surface area contributed by atoms with E-state index in [1.54, 1.807) is 28.4 Å². The zero-order valence-corrected chi connectivity index (χ0v) is 19.2. The topological polar surface area (TPSA) is 127 Å². The Hall–Kier alpha value is -1.83. The fourth-order valence-corrected chi connectivity index (χ4v) is 2.34. The van der Waals surface area contributed by atoms with Crippen molar-refractivity contribution in [1.29, 1.82) is 0 Å². The van der Waals surface area contributed by atoms with Crippen molar-refractivity contribution in [3.05, 3.63) is 0 Å². The summed E-state index contributed by atoms with van der Waals surface area (Å²) in [7, 11) is 6.71. The van der Waals surface area contributed by atoms with E-state index in [2.05, 4.69) is 15.0 Å². The average Bonchev–Trinajstić information content (AvgIpc) is 2.76. The van der Waals surface area contributed by atoms with Crippen LogP contribution in [0, 0.1) is 0 Å². The second-order valence-corrected chi connectivity index (χ2v) is 6.65. The van der Waals surface area contributed by atoms with Crippen LogP contribution in [0.2, 0.25) is 0 Å². The fraction of sp³-hybridized carbons (Fsp3) is 0.842. The first-order chi connectivity index (χ1) is 15.1. The van der Waals surface area contributed by atoms with Gasteiger partial charge < -0.3 is 19.9 Å². The fourth-order valence-electron chi connectivity index (χ4n) is 2.34. The first-order valence-electron chi connectivity index (χ1n) is 10.5. The van der Waals surface area contributed by atoms with Gasteiger partial charge >= 0.3 is 0 Å². The van der Waals surface area contributed by atoms with Crippen LogP contribution < -0.4 is 16.0 Å². The van der Waals surface area contributed by atoms with Crippen LogP contribution in [0.3, 0.4) is 0 Å². The number of ether oxygens (including phenoxy) is 3.